The van der Waals surface area contributed by atoms with E-state index < -0.39 is 4.92 Å². The lowest BCUT2D eigenvalue weighted by Crippen LogP contribution is -2.37. The Morgan fingerprint density at radius 1 is 1.22 bits per heavy atom. The van der Waals surface area contributed by atoms with E-state index in [1.54, 1.807) is 17.0 Å². The van der Waals surface area contributed by atoms with Crippen LogP contribution in [0.2, 0.25) is 10.0 Å². The first-order valence-electron chi connectivity index (χ1n) is 8.53. The second-order valence-electron chi connectivity index (χ2n) is 6.37. The summed E-state index contributed by atoms with van der Waals surface area (Å²) in [5.41, 5.74) is 0.846. The van der Waals surface area contributed by atoms with Gasteiger partial charge in [-0.05, 0) is 42.7 Å². The van der Waals surface area contributed by atoms with Gasteiger partial charge < -0.3 is 9.64 Å². The Balaban J connectivity index is 1.86. The molecule has 0 N–H and O–H groups in total. The van der Waals surface area contributed by atoms with Crippen molar-refractivity contribution in [2.75, 3.05) is 13.2 Å². The number of ether oxygens (including phenoxy) is 1. The summed E-state index contributed by atoms with van der Waals surface area (Å²) in [6.07, 6.45) is 1.80. The van der Waals surface area contributed by atoms with E-state index in [2.05, 4.69) is 0 Å². The molecule has 0 saturated carbocycles. The molecule has 1 heterocycles. The van der Waals surface area contributed by atoms with E-state index >= 15 is 0 Å². The largest absolute Gasteiger partial charge is 0.376 e. The Morgan fingerprint density at radius 3 is 2.59 bits per heavy atom. The molecule has 0 unspecified atom stereocenters. The molecule has 1 atom stereocenters. The number of nitro benzene ring substituents is 1. The Hall–Kier alpha value is -2.15. The zero-order valence-corrected chi connectivity index (χ0v) is 15.9. The highest BCUT2D eigenvalue weighted by Crippen LogP contribution is 2.26. The summed E-state index contributed by atoms with van der Waals surface area (Å²) in [5.74, 6) is -0.305. The minimum Gasteiger partial charge on any atom is -0.376 e. The molecule has 8 heteroatoms. The monoisotopic (exact) mass is 408 g/mol. The van der Waals surface area contributed by atoms with Gasteiger partial charge in [0.25, 0.3) is 11.6 Å². The molecule has 1 fully saturated rings. The first-order chi connectivity index (χ1) is 12.9. The molecule has 1 saturated heterocycles. The lowest BCUT2D eigenvalue weighted by molar-refractivity contribution is -0.384. The topological polar surface area (TPSA) is 72.7 Å². The maximum atomic E-state index is 13.1. The van der Waals surface area contributed by atoms with Gasteiger partial charge in [0.15, 0.2) is 0 Å². The van der Waals surface area contributed by atoms with Crippen LogP contribution in [0.25, 0.3) is 0 Å². The van der Waals surface area contributed by atoms with Crippen LogP contribution in [0.15, 0.2) is 42.5 Å². The Bertz CT molecular complexity index is 836. The third kappa shape index (κ3) is 4.97. The average molecular weight is 409 g/mol. The standard InChI is InChI=1S/C19H18Cl2N2O4/c20-15-6-3-13(4-7-15)11-22(12-16-2-1-9-27-16)19(24)14-5-8-17(21)18(10-14)23(25)26/h3-8,10,16H,1-2,9,11-12H2/t16-/m0/s1. The molecule has 0 bridgehead atoms. The third-order valence-electron chi connectivity index (χ3n) is 4.41. The molecule has 1 amide bonds. The Labute approximate surface area is 166 Å². The molecule has 0 spiro atoms. The molecular weight excluding hydrogens is 391 g/mol. The van der Waals surface area contributed by atoms with Crippen LogP contribution in [0.4, 0.5) is 5.69 Å². The Kier molecular flexibility index (Phi) is 6.31. The van der Waals surface area contributed by atoms with E-state index in [4.69, 9.17) is 27.9 Å². The number of halogens is 2. The number of nitrogens with zero attached hydrogens (tertiary/aromatic N) is 2. The van der Waals surface area contributed by atoms with E-state index in [-0.39, 0.29) is 28.3 Å². The highest BCUT2D eigenvalue weighted by atomic mass is 35.5. The number of carbonyl (C=O) groups excluding carboxylic acids is 1. The fraction of sp³-hybridized carbons (Fsp3) is 0.316. The van der Waals surface area contributed by atoms with Gasteiger partial charge in [-0.25, -0.2) is 0 Å². The zero-order valence-electron chi connectivity index (χ0n) is 14.4. The number of hydrogen-bond donors (Lipinski definition) is 0. The van der Waals surface area contributed by atoms with Crippen molar-refractivity contribution in [3.05, 3.63) is 73.8 Å². The lowest BCUT2D eigenvalue weighted by atomic mass is 10.1. The van der Waals surface area contributed by atoms with Crippen molar-refractivity contribution in [3.8, 4) is 0 Å². The number of rotatable bonds is 6. The first kappa shape index (κ1) is 19.6. The van der Waals surface area contributed by atoms with Crippen molar-refractivity contribution in [2.45, 2.75) is 25.5 Å². The summed E-state index contributed by atoms with van der Waals surface area (Å²) in [4.78, 5) is 25.3. The van der Waals surface area contributed by atoms with Crippen LogP contribution in [0.1, 0.15) is 28.8 Å². The van der Waals surface area contributed by atoms with E-state index in [9.17, 15) is 14.9 Å². The van der Waals surface area contributed by atoms with Crippen LogP contribution >= 0.6 is 23.2 Å². The summed E-state index contributed by atoms with van der Waals surface area (Å²) in [5, 5.41) is 11.7. The van der Waals surface area contributed by atoms with Gasteiger partial charge in [0, 0.05) is 36.3 Å². The van der Waals surface area contributed by atoms with Crippen LogP contribution in [0.3, 0.4) is 0 Å². The molecule has 2 aromatic carbocycles. The smallest absolute Gasteiger partial charge is 0.288 e. The number of benzene rings is 2. The van der Waals surface area contributed by atoms with E-state index in [1.165, 1.54) is 18.2 Å². The highest BCUT2D eigenvalue weighted by Gasteiger charge is 2.25. The molecule has 142 valence electrons. The number of nitro groups is 1. The van der Waals surface area contributed by atoms with Crippen LogP contribution in [0, 0.1) is 10.1 Å². The van der Waals surface area contributed by atoms with Crippen LogP contribution in [0.5, 0.6) is 0 Å². The van der Waals surface area contributed by atoms with Crippen molar-refractivity contribution in [3.63, 3.8) is 0 Å². The van der Waals surface area contributed by atoms with Crippen molar-refractivity contribution in [2.24, 2.45) is 0 Å². The molecule has 6 nitrogen and oxygen atoms in total. The van der Waals surface area contributed by atoms with Crippen molar-refractivity contribution >= 4 is 34.8 Å². The highest BCUT2D eigenvalue weighted by molar-refractivity contribution is 6.32. The van der Waals surface area contributed by atoms with Gasteiger partial charge in [-0.15, -0.1) is 0 Å². The van der Waals surface area contributed by atoms with E-state index in [0.29, 0.717) is 24.7 Å². The van der Waals surface area contributed by atoms with Gasteiger partial charge in [0.05, 0.1) is 11.0 Å². The first-order valence-corrected chi connectivity index (χ1v) is 9.29. The minimum absolute atomic E-state index is 0.0000671. The van der Waals surface area contributed by atoms with Gasteiger partial charge >= 0.3 is 0 Å². The quantitative estimate of drug-likeness (QED) is 0.511. The van der Waals surface area contributed by atoms with Gasteiger partial charge in [-0.2, -0.15) is 0 Å². The SMILES string of the molecule is O=C(c1ccc(Cl)c([N+](=O)[O-])c1)N(Cc1ccc(Cl)cc1)C[C@@H]1CCCO1. The third-order valence-corrected chi connectivity index (χ3v) is 4.98. The molecule has 1 aliphatic rings. The Morgan fingerprint density at radius 2 is 1.96 bits per heavy atom. The van der Waals surface area contributed by atoms with E-state index in [1.807, 2.05) is 12.1 Å². The van der Waals surface area contributed by atoms with Gasteiger partial charge in [-0.3, -0.25) is 14.9 Å². The summed E-state index contributed by atoms with van der Waals surface area (Å²) >= 11 is 11.8. The molecule has 27 heavy (non-hydrogen) atoms. The fourth-order valence-corrected chi connectivity index (χ4v) is 3.34. The van der Waals surface area contributed by atoms with Crippen molar-refractivity contribution in [1.82, 2.24) is 4.90 Å². The van der Waals surface area contributed by atoms with Crippen LogP contribution in [-0.2, 0) is 11.3 Å². The van der Waals surface area contributed by atoms with Gasteiger partial charge in [0.1, 0.15) is 5.02 Å². The molecule has 0 aliphatic carbocycles. The summed E-state index contributed by atoms with van der Waals surface area (Å²) < 4.78 is 5.66. The summed E-state index contributed by atoms with van der Waals surface area (Å²) in [7, 11) is 0. The van der Waals surface area contributed by atoms with Gasteiger partial charge in [-0.1, -0.05) is 35.3 Å². The number of hydrogen-bond acceptors (Lipinski definition) is 4. The number of carbonyl (C=O) groups is 1. The van der Waals surface area contributed by atoms with E-state index in [0.717, 1.165) is 18.4 Å². The maximum Gasteiger partial charge on any atom is 0.288 e. The zero-order chi connectivity index (χ0) is 19.4. The number of amides is 1. The van der Waals surface area contributed by atoms with Crippen LogP contribution < -0.4 is 0 Å². The molecule has 0 radical (unpaired) electrons. The summed E-state index contributed by atoms with van der Waals surface area (Å²) in [6, 6.07) is 11.3. The predicted octanol–water partition coefficient (Wildman–Crippen LogP) is 4.72. The maximum absolute atomic E-state index is 13.1. The fourth-order valence-electron chi connectivity index (χ4n) is 3.03. The second-order valence-corrected chi connectivity index (χ2v) is 7.21. The van der Waals surface area contributed by atoms with Crippen molar-refractivity contribution < 1.29 is 14.5 Å². The molecule has 0 aromatic heterocycles. The summed E-state index contributed by atoms with van der Waals surface area (Å²) in [6.45, 7) is 1.45. The lowest BCUT2D eigenvalue weighted by Gasteiger charge is -2.26. The predicted molar refractivity (Wildman–Crippen MR) is 103 cm³/mol. The average Bonchev–Trinajstić information content (AvgIpc) is 3.15. The second kappa shape index (κ2) is 8.69. The minimum atomic E-state index is -0.595. The van der Waals surface area contributed by atoms with Gasteiger partial charge in [0.2, 0.25) is 0 Å². The van der Waals surface area contributed by atoms with Crippen molar-refractivity contribution in [1.29, 1.82) is 0 Å². The van der Waals surface area contributed by atoms with Crippen LogP contribution in [-0.4, -0.2) is 35.0 Å². The molecule has 3 rings (SSSR count). The molecule has 2 aromatic rings. The normalized spacial score (nSPS) is 16.3. The molecular formula is C19H18Cl2N2O4. The molecule has 1 aliphatic heterocycles.